The van der Waals surface area contributed by atoms with Crippen LogP contribution in [0.4, 0.5) is 9.39 Å². The molecular weight excluding hydrogens is 413 g/mol. The van der Waals surface area contributed by atoms with E-state index in [2.05, 4.69) is 15.3 Å². The number of halogens is 1. The van der Waals surface area contributed by atoms with Crippen molar-refractivity contribution in [3.63, 3.8) is 0 Å². The summed E-state index contributed by atoms with van der Waals surface area (Å²) in [4.78, 5) is 21.4. The number of carbonyl (C=O) groups excluding carboxylic acids is 1. The second-order valence-corrected chi connectivity index (χ2v) is 7.81. The Morgan fingerprint density at radius 2 is 1.83 bits per heavy atom. The number of hydrogen-bond acceptors (Lipinski definition) is 7. The highest BCUT2D eigenvalue weighted by atomic mass is 32.1. The Morgan fingerprint density at radius 1 is 1.03 bits per heavy atom. The highest BCUT2D eigenvalue weighted by Crippen LogP contribution is 2.37. The smallest absolute Gasteiger partial charge is 0.275 e. The molecule has 0 saturated carbocycles. The van der Waals surface area contributed by atoms with Gasteiger partial charge in [0.1, 0.15) is 27.2 Å². The van der Waals surface area contributed by atoms with Crippen molar-refractivity contribution in [3.8, 4) is 33.3 Å². The average molecular weight is 425 g/mol. The Kier molecular flexibility index (Phi) is 4.45. The van der Waals surface area contributed by atoms with Gasteiger partial charge in [0.15, 0.2) is 11.5 Å². The maximum Gasteiger partial charge on any atom is 0.275 e. The van der Waals surface area contributed by atoms with Crippen LogP contribution in [0.5, 0.6) is 11.5 Å². The molecule has 1 N–H and O–H groups in total. The maximum absolute atomic E-state index is 13.2. The molecule has 3 heterocycles. The summed E-state index contributed by atoms with van der Waals surface area (Å²) in [5.74, 6) is 0.702. The van der Waals surface area contributed by atoms with Crippen molar-refractivity contribution in [1.82, 2.24) is 9.97 Å². The number of anilines is 1. The first kappa shape index (κ1) is 17.8. The highest BCUT2D eigenvalue weighted by molar-refractivity contribution is 7.14. The molecule has 0 unspecified atom stereocenters. The molecule has 4 aromatic rings. The van der Waals surface area contributed by atoms with Gasteiger partial charge in [0.05, 0.1) is 5.51 Å². The van der Waals surface area contributed by atoms with Crippen molar-refractivity contribution >= 4 is 33.6 Å². The number of benzene rings is 2. The molecule has 1 aliphatic heterocycles. The molecule has 144 valence electrons. The average Bonchev–Trinajstić information content (AvgIpc) is 3.48. The quantitative estimate of drug-likeness (QED) is 0.495. The second-order valence-electron chi connectivity index (χ2n) is 6.10. The Bertz CT molecular complexity index is 1200. The molecule has 5 rings (SSSR count). The molecule has 0 bridgehead atoms. The summed E-state index contributed by atoms with van der Waals surface area (Å²) in [7, 11) is 0. The van der Waals surface area contributed by atoms with Gasteiger partial charge in [-0.25, -0.2) is 14.4 Å². The minimum Gasteiger partial charge on any atom is -0.454 e. The van der Waals surface area contributed by atoms with Crippen LogP contribution >= 0.6 is 22.7 Å². The van der Waals surface area contributed by atoms with E-state index < -0.39 is 0 Å². The summed E-state index contributed by atoms with van der Waals surface area (Å²) >= 11 is 2.67. The van der Waals surface area contributed by atoms with E-state index in [1.165, 1.54) is 34.8 Å². The monoisotopic (exact) mass is 425 g/mol. The van der Waals surface area contributed by atoms with Gasteiger partial charge in [-0.05, 0) is 42.5 Å². The molecule has 9 heteroatoms. The summed E-state index contributed by atoms with van der Waals surface area (Å²) < 4.78 is 23.9. The molecule has 0 spiro atoms. The topological polar surface area (TPSA) is 73.3 Å². The van der Waals surface area contributed by atoms with E-state index in [-0.39, 0.29) is 18.5 Å². The van der Waals surface area contributed by atoms with E-state index in [0.717, 1.165) is 11.1 Å². The van der Waals surface area contributed by atoms with Crippen molar-refractivity contribution in [3.05, 3.63) is 64.9 Å². The van der Waals surface area contributed by atoms with Crippen molar-refractivity contribution < 1.29 is 18.7 Å². The normalized spacial score (nSPS) is 12.2. The standard InChI is InChI=1S/C20H12FN3O3S2/c21-13-4-1-11(2-5-13)17-20(29-9-22-17)24-18(25)14-8-28-19(23-14)12-3-6-15-16(7-12)27-10-26-15/h1-9H,10H2,(H,24,25). The summed E-state index contributed by atoms with van der Waals surface area (Å²) in [5.41, 5.74) is 4.11. The van der Waals surface area contributed by atoms with Gasteiger partial charge in [-0.1, -0.05) is 0 Å². The van der Waals surface area contributed by atoms with Gasteiger partial charge in [-0.2, -0.15) is 0 Å². The van der Waals surface area contributed by atoms with Crippen LogP contribution in [0.3, 0.4) is 0 Å². The van der Waals surface area contributed by atoms with Crippen molar-refractivity contribution in [1.29, 1.82) is 0 Å². The van der Waals surface area contributed by atoms with E-state index in [0.29, 0.717) is 32.9 Å². The van der Waals surface area contributed by atoms with E-state index in [1.807, 2.05) is 18.2 Å². The summed E-state index contributed by atoms with van der Waals surface area (Å²) in [6, 6.07) is 11.5. The zero-order chi connectivity index (χ0) is 19.8. The number of nitrogens with one attached hydrogen (secondary N) is 1. The lowest BCUT2D eigenvalue weighted by atomic mass is 10.1. The number of hydrogen-bond donors (Lipinski definition) is 1. The Balaban J connectivity index is 1.36. The molecule has 29 heavy (non-hydrogen) atoms. The van der Waals surface area contributed by atoms with E-state index in [1.54, 1.807) is 23.0 Å². The number of carbonyl (C=O) groups is 1. The largest absolute Gasteiger partial charge is 0.454 e. The molecule has 1 amide bonds. The minimum atomic E-state index is -0.333. The fraction of sp³-hybridized carbons (Fsp3) is 0.0500. The number of thiazole rings is 2. The number of rotatable bonds is 4. The van der Waals surface area contributed by atoms with E-state index in [9.17, 15) is 9.18 Å². The third kappa shape index (κ3) is 3.45. The van der Waals surface area contributed by atoms with Crippen molar-refractivity contribution in [2.24, 2.45) is 0 Å². The number of amides is 1. The van der Waals surface area contributed by atoms with E-state index in [4.69, 9.17) is 9.47 Å². The number of ether oxygens (including phenoxy) is 2. The van der Waals surface area contributed by atoms with Crippen LogP contribution in [0.15, 0.2) is 53.4 Å². The molecular formula is C20H12FN3O3S2. The van der Waals surface area contributed by atoms with E-state index >= 15 is 0 Å². The predicted octanol–water partition coefficient (Wildman–Crippen LogP) is 5.05. The lowest BCUT2D eigenvalue weighted by Gasteiger charge is -2.04. The van der Waals surface area contributed by atoms with Gasteiger partial charge < -0.3 is 14.8 Å². The molecule has 6 nitrogen and oxygen atoms in total. The van der Waals surface area contributed by atoms with Gasteiger partial charge in [0, 0.05) is 16.5 Å². The van der Waals surface area contributed by atoms with Crippen LogP contribution < -0.4 is 14.8 Å². The van der Waals surface area contributed by atoms with Crippen molar-refractivity contribution in [2.75, 3.05) is 12.1 Å². The SMILES string of the molecule is O=C(Nc1scnc1-c1ccc(F)cc1)c1csc(-c2ccc3c(c2)OCO3)n1. The number of fused-ring (bicyclic) bond motifs is 1. The molecule has 0 saturated heterocycles. The van der Waals surface area contributed by atoms with Crippen LogP contribution in [0.25, 0.3) is 21.8 Å². The lowest BCUT2D eigenvalue weighted by molar-refractivity contribution is 0.102. The molecule has 0 fully saturated rings. The van der Waals surface area contributed by atoms with Crippen LogP contribution in [0, 0.1) is 5.82 Å². The van der Waals surface area contributed by atoms with Crippen LogP contribution in [0.2, 0.25) is 0 Å². The molecule has 0 atom stereocenters. The lowest BCUT2D eigenvalue weighted by Crippen LogP contribution is -2.12. The molecule has 2 aromatic carbocycles. The Morgan fingerprint density at radius 3 is 2.69 bits per heavy atom. The maximum atomic E-state index is 13.2. The molecule has 1 aliphatic rings. The fourth-order valence-electron chi connectivity index (χ4n) is 2.86. The third-order valence-electron chi connectivity index (χ3n) is 4.27. The number of nitrogens with zero attached hydrogens (tertiary/aromatic N) is 2. The van der Waals surface area contributed by atoms with Crippen LogP contribution in [-0.4, -0.2) is 22.7 Å². The Labute approximate surface area is 172 Å². The first-order valence-electron chi connectivity index (χ1n) is 8.54. The van der Waals surface area contributed by atoms with Gasteiger partial charge in [-0.3, -0.25) is 4.79 Å². The van der Waals surface area contributed by atoms with Crippen LogP contribution in [-0.2, 0) is 0 Å². The molecule has 0 radical (unpaired) electrons. The zero-order valence-electron chi connectivity index (χ0n) is 14.7. The van der Waals surface area contributed by atoms with Crippen LogP contribution in [0.1, 0.15) is 10.5 Å². The van der Waals surface area contributed by atoms with Gasteiger partial charge in [-0.15, -0.1) is 22.7 Å². The van der Waals surface area contributed by atoms with Crippen molar-refractivity contribution in [2.45, 2.75) is 0 Å². The van der Waals surface area contributed by atoms with Gasteiger partial charge >= 0.3 is 0 Å². The summed E-state index contributed by atoms with van der Waals surface area (Å²) in [5, 5.41) is 5.84. The summed E-state index contributed by atoms with van der Waals surface area (Å²) in [6.45, 7) is 0.204. The first-order chi connectivity index (χ1) is 14.2. The zero-order valence-corrected chi connectivity index (χ0v) is 16.3. The summed E-state index contributed by atoms with van der Waals surface area (Å²) in [6.07, 6.45) is 0. The number of aromatic nitrogens is 2. The first-order valence-corrected chi connectivity index (χ1v) is 10.3. The minimum absolute atomic E-state index is 0.204. The fourth-order valence-corrected chi connectivity index (χ4v) is 4.35. The molecule has 0 aliphatic carbocycles. The Hall–Kier alpha value is -3.30. The molecule has 2 aromatic heterocycles. The predicted molar refractivity (Wildman–Crippen MR) is 109 cm³/mol. The third-order valence-corrected chi connectivity index (χ3v) is 5.90. The highest BCUT2D eigenvalue weighted by Gasteiger charge is 2.18. The van der Waals surface area contributed by atoms with Gasteiger partial charge in [0.2, 0.25) is 6.79 Å². The van der Waals surface area contributed by atoms with Gasteiger partial charge in [0.25, 0.3) is 5.91 Å². The second kappa shape index (κ2) is 7.26.